The van der Waals surface area contributed by atoms with Crippen LogP contribution in [0, 0.1) is 5.92 Å². The summed E-state index contributed by atoms with van der Waals surface area (Å²) in [6.07, 6.45) is 0. The van der Waals surface area contributed by atoms with Gasteiger partial charge < -0.3 is 10.6 Å². The van der Waals surface area contributed by atoms with E-state index in [-0.39, 0.29) is 0 Å². The van der Waals surface area contributed by atoms with Crippen molar-refractivity contribution in [2.24, 2.45) is 16.6 Å². The average molecular weight is 223 g/mol. The third-order valence-electron chi connectivity index (χ3n) is 2.81. The first kappa shape index (κ1) is 10.5. The van der Waals surface area contributed by atoms with Crippen molar-refractivity contribution in [3.63, 3.8) is 0 Å². The molecule has 1 aliphatic rings. The van der Waals surface area contributed by atoms with Gasteiger partial charge in [-0.05, 0) is 17.4 Å². The third-order valence-corrected chi connectivity index (χ3v) is 3.67. The number of nitrogens with zero attached hydrogens (tertiary/aromatic N) is 2. The molecule has 82 valence electrons. The van der Waals surface area contributed by atoms with Gasteiger partial charge in [0.05, 0.1) is 19.1 Å². The molecule has 0 aromatic carbocycles. The Balaban J connectivity index is 2.08. The fraction of sp³-hybridized carbons (Fsp3) is 0.545. The molecule has 15 heavy (non-hydrogen) atoms. The van der Waals surface area contributed by atoms with Crippen molar-refractivity contribution < 1.29 is 0 Å². The van der Waals surface area contributed by atoms with Gasteiger partial charge in [0, 0.05) is 4.88 Å². The van der Waals surface area contributed by atoms with Gasteiger partial charge in [-0.2, -0.15) is 0 Å². The lowest BCUT2D eigenvalue weighted by molar-refractivity contribution is 0.270. The molecular weight excluding hydrogens is 206 g/mol. The minimum atomic E-state index is 0.465. The highest BCUT2D eigenvalue weighted by Gasteiger charge is 2.28. The van der Waals surface area contributed by atoms with E-state index in [0.717, 1.165) is 13.1 Å². The van der Waals surface area contributed by atoms with Crippen LogP contribution in [0.15, 0.2) is 22.5 Å². The first-order valence-electron chi connectivity index (χ1n) is 5.27. The summed E-state index contributed by atoms with van der Waals surface area (Å²) in [6.45, 7) is 6.19. The number of hydrogen-bond acceptors (Lipinski definition) is 4. The molecule has 0 spiro atoms. The van der Waals surface area contributed by atoms with E-state index in [1.165, 1.54) is 4.88 Å². The zero-order chi connectivity index (χ0) is 10.8. The Kier molecular flexibility index (Phi) is 2.95. The van der Waals surface area contributed by atoms with Crippen molar-refractivity contribution in [1.82, 2.24) is 4.90 Å². The van der Waals surface area contributed by atoms with Crippen LogP contribution in [0.1, 0.15) is 18.7 Å². The maximum Gasteiger partial charge on any atom is 0.191 e. The van der Waals surface area contributed by atoms with Crippen LogP contribution >= 0.6 is 11.3 Å². The van der Waals surface area contributed by atoms with Crippen molar-refractivity contribution in [2.45, 2.75) is 26.4 Å². The standard InChI is InChI=1S/C11H17N3S/c1-8(2)10-6-13-11(12)14(10)7-9-4-3-5-15-9/h3-5,8,10H,6-7H2,1-2H3,(H2,12,13). The molecular formula is C11H17N3S. The van der Waals surface area contributed by atoms with Gasteiger partial charge in [0.25, 0.3) is 0 Å². The monoisotopic (exact) mass is 223 g/mol. The molecule has 0 saturated heterocycles. The van der Waals surface area contributed by atoms with Crippen molar-refractivity contribution >= 4 is 17.3 Å². The molecule has 0 bridgehead atoms. The first-order valence-corrected chi connectivity index (χ1v) is 6.15. The second-order valence-electron chi connectivity index (χ2n) is 4.22. The van der Waals surface area contributed by atoms with E-state index in [1.807, 2.05) is 0 Å². The number of hydrogen-bond donors (Lipinski definition) is 1. The van der Waals surface area contributed by atoms with Gasteiger partial charge in [-0.3, -0.25) is 4.99 Å². The topological polar surface area (TPSA) is 41.6 Å². The average Bonchev–Trinajstić information content (AvgIpc) is 2.78. The van der Waals surface area contributed by atoms with E-state index in [4.69, 9.17) is 5.73 Å². The smallest absolute Gasteiger partial charge is 0.191 e. The van der Waals surface area contributed by atoms with Gasteiger partial charge in [-0.25, -0.2) is 0 Å². The second kappa shape index (κ2) is 4.23. The third kappa shape index (κ3) is 2.15. The molecule has 4 heteroatoms. The van der Waals surface area contributed by atoms with Crippen LogP contribution < -0.4 is 5.73 Å². The predicted octanol–water partition coefficient (Wildman–Crippen LogP) is 1.90. The van der Waals surface area contributed by atoms with Gasteiger partial charge in [-0.15, -0.1) is 11.3 Å². The molecule has 1 atom stereocenters. The first-order chi connectivity index (χ1) is 7.18. The quantitative estimate of drug-likeness (QED) is 0.850. The van der Waals surface area contributed by atoms with Crippen molar-refractivity contribution in [1.29, 1.82) is 0 Å². The molecule has 1 aromatic rings. The predicted molar refractivity (Wildman–Crippen MR) is 65.0 cm³/mol. The van der Waals surface area contributed by atoms with Gasteiger partial charge in [0.1, 0.15) is 0 Å². The van der Waals surface area contributed by atoms with E-state index in [0.29, 0.717) is 17.9 Å². The summed E-state index contributed by atoms with van der Waals surface area (Å²) in [6, 6.07) is 4.69. The number of guanidine groups is 1. The van der Waals surface area contributed by atoms with Crippen molar-refractivity contribution in [3.05, 3.63) is 22.4 Å². The van der Waals surface area contributed by atoms with Crippen LogP contribution in [0.25, 0.3) is 0 Å². The SMILES string of the molecule is CC(C)C1CN=C(N)N1Cc1cccs1. The van der Waals surface area contributed by atoms with Crippen molar-refractivity contribution in [2.75, 3.05) is 6.54 Å². The van der Waals surface area contributed by atoms with Crippen LogP contribution in [0.5, 0.6) is 0 Å². The summed E-state index contributed by atoms with van der Waals surface area (Å²) in [7, 11) is 0. The largest absolute Gasteiger partial charge is 0.370 e. The van der Waals surface area contributed by atoms with Gasteiger partial charge in [0.2, 0.25) is 0 Å². The second-order valence-corrected chi connectivity index (χ2v) is 5.25. The fourth-order valence-electron chi connectivity index (χ4n) is 1.89. The van der Waals surface area contributed by atoms with Crippen molar-refractivity contribution in [3.8, 4) is 0 Å². The Morgan fingerprint density at radius 2 is 2.47 bits per heavy atom. The molecule has 0 radical (unpaired) electrons. The number of rotatable bonds is 3. The summed E-state index contributed by atoms with van der Waals surface area (Å²) in [5, 5.41) is 2.10. The minimum Gasteiger partial charge on any atom is -0.370 e. The molecule has 1 aliphatic heterocycles. The highest BCUT2D eigenvalue weighted by molar-refractivity contribution is 7.09. The van der Waals surface area contributed by atoms with E-state index >= 15 is 0 Å². The number of aliphatic imine (C=N–C) groups is 1. The van der Waals surface area contributed by atoms with Gasteiger partial charge in [0.15, 0.2) is 5.96 Å². The lowest BCUT2D eigenvalue weighted by Crippen LogP contribution is -2.42. The molecule has 0 fully saturated rings. The van der Waals surface area contributed by atoms with Crippen LogP contribution in [0.3, 0.4) is 0 Å². The molecule has 0 aliphatic carbocycles. The summed E-state index contributed by atoms with van der Waals surface area (Å²) in [5.74, 6) is 1.29. The van der Waals surface area contributed by atoms with E-state index in [9.17, 15) is 0 Å². The Morgan fingerprint density at radius 3 is 3.07 bits per heavy atom. The number of thiophene rings is 1. The molecule has 2 heterocycles. The van der Waals surface area contributed by atoms with E-state index in [2.05, 4.69) is 41.3 Å². The summed E-state index contributed by atoms with van der Waals surface area (Å²) >= 11 is 1.77. The van der Waals surface area contributed by atoms with Gasteiger partial charge in [-0.1, -0.05) is 19.9 Å². The van der Waals surface area contributed by atoms with Crippen LogP contribution in [-0.4, -0.2) is 23.4 Å². The van der Waals surface area contributed by atoms with E-state index < -0.39 is 0 Å². The van der Waals surface area contributed by atoms with Gasteiger partial charge >= 0.3 is 0 Å². The zero-order valence-corrected chi connectivity index (χ0v) is 10.00. The maximum atomic E-state index is 5.90. The van der Waals surface area contributed by atoms with Crippen LogP contribution in [-0.2, 0) is 6.54 Å². The zero-order valence-electron chi connectivity index (χ0n) is 9.18. The summed E-state index contributed by atoms with van der Waals surface area (Å²) in [5.41, 5.74) is 5.90. The Morgan fingerprint density at radius 1 is 1.67 bits per heavy atom. The maximum absolute atomic E-state index is 5.90. The Labute approximate surface area is 94.6 Å². The Hall–Kier alpha value is -1.03. The molecule has 0 amide bonds. The molecule has 1 unspecified atom stereocenters. The molecule has 1 aromatic heterocycles. The summed E-state index contributed by atoms with van der Waals surface area (Å²) < 4.78 is 0. The fourth-order valence-corrected chi connectivity index (χ4v) is 2.59. The molecule has 2 N–H and O–H groups in total. The normalized spacial score (nSPS) is 21.1. The lowest BCUT2D eigenvalue weighted by Gasteiger charge is -2.28. The molecule has 0 saturated carbocycles. The van der Waals surface area contributed by atoms with Crippen LogP contribution in [0.4, 0.5) is 0 Å². The van der Waals surface area contributed by atoms with Crippen LogP contribution in [0.2, 0.25) is 0 Å². The Bertz CT molecular complexity index is 343. The highest BCUT2D eigenvalue weighted by Crippen LogP contribution is 2.21. The van der Waals surface area contributed by atoms with E-state index in [1.54, 1.807) is 11.3 Å². The molecule has 2 rings (SSSR count). The minimum absolute atomic E-state index is 0.465. The molecule has 3 nitrogen and oxygen atoms in total. The summed E-state index contributed by atoms with van der Waals surface area (Å²) in [4.78, 5) is 7.89. The lowest BCUT2D eigenvalue weighted by atomic mass is 10.0. The number of nitrogens with two attached hydrogens (primary N) is 1. The highest BCUT2D eigenvalue weighted by atomic mass is 32.1.